The van der Waals surface area contributed by atoms with Crippen molar-refractivity contribution in [1.82, 2.24) is 0 Å². The van der Waals surface area contributed by atoms with Crippen molar-refractivity contribution in [2.75, 3.05) is 6.54 Å². The Morgan fingerprint density at radius 1 is 1.54 bits per heavy atom. The fourth-order valence-electron chi connectivity index (χ4n) is 0.981. The summed E-state index contributed by atoms with van der Waals surface area (Å²) in [6, 6.07) is 2.49. The molecule has 0 fully saturated rings. The van der Waals surface area contributed by atoms with E-state index in [4.69, 9.17) is 11.5 Å². The van der Waals surface area contributed by atoms with Gasteiger partial charge in [-0.2, -0.15) is 0 Å². The number of halogens is 2. The first-order chi connectivity index (χ1) is 6.07. The predicted molar refractivity (Wildman–Crippen MR) is 51.7 cm³/mol. The van der Waals surface area contributed by atoms with Crippen LogP contribution in [0.25, 0.3) is 0 Å². The van der Waals surface area contributed by atoms with Gasteiger partial charge in [0, 0.05) is 18.2 Å². The maximum Gasteiger partial charge on any atom is 0.179 e. The second-order valence-corrected chi connectivity index (χ2v) is 3.50. The first-order valence-electron chi connectivity index (χ1n) is 3.70. The summed E-state index contributed by atoms with van der Waals surface area (Å²) in [5.74, 6) is -1.14. The molecular weight excluding hydrogens is 239 g/mol. The van der Waals surface area contributed by atoms with Gasteiger partial charge in [0.05, 0.1) is 4.47 Å². The van der Waals surface area contributed by atoms with Crippen LogP contribution in [0, 0.1) is 5.82 Å². The van der Waals surface area contributed by atoms with E-state index in [-0.39, 0.29) is 11.0 Å². The SMILES string of the molecule is NC[C@H](N)c1ccc(Br)c(F)c1O. The van der Waals surface area contributed by atoms with Crippen LogP contribution in [-0.4, -0.2) is 11.7 Å². The van der Waals surface area contributed by atoms with Crippen LogP contribution in [0.2, 0.25) is 0 Å². The number of hydrogen-bond donors (Lipinski definition) is 3. The van der Waals surface area contributed by atoms with E-state index in [2.05, 4.69) is 15.9 Å². The molecule has 0 saturated heterocycles. The number of rotatable bonds is 2. The molecular formula is C8H10BrFN2O. The lowest BCUT2D eigenvalue weighted by Crippen LogP contribution is -2.21. The Morgan fingerprint density at radius 2 is 2.15 bits per heavy atom. The molecule has 72 valence electrons. The molecule has 0 spiro atoms. The third kappa shape index (κ3) is 1.99. The summed E-state index contributed by atoms with van der Waals surface area (Å²) in [4.78, 5) is 0. The van der Waals surface area contributed by atoms with Crippen molar-refractivity contribution in [3.05, 3.63) is 28.0 Å². The molecule has 0 heterocycles. The van der Waals surface area contributed by atoms with Crippen LogP contribution >= 0.6 is 15.9 Å². The monoisotopic (exact) mass is 248 g/mol. The van der Waals surface area contributed by atoms with E-state index in [1.54, 1.807) is 6.07 Å². The van der Waals surface area contributed by atoms with Gasteiger partial charge >= 0.3 is 0 Å². The minimum atomic E-state index is -0.707. The summed E-state index contributed by atoms with van der Waals surface area (Å²) in [5, 5.41) is 9.34. The molecule has 13 heavy (non-hydrogen) atoms. The van der Waals surface area contributed by atoms with Gasteiger partial charge in [-0.1, -0.05) is 6.07 Å². The van der Waals surface area contributed by atoms with Crippen LogP contribution in [0.5, 0.6) is 5.75 Å². The molecule has 0 aliphatic heterocycles. The number of nitrogens with two attached hydrogens (primary N) is 2. The van der Waals surface area contributed by atoms with Crippen LogP contribution in [0.4, 0.5) is 4.39 Å². The fourth-order valence-corrected chi connectivity index (χ4v) is 1.30. The lowest BCUT2D eigenvalue weighted by atomic mass is 10.1. The molecule has 0 aliphatic rings. The zero-order valence-corrected chi connectivity index (χ0v) is 8.38. The molecule has 0 radical (unpaired) electrons. The van der Waals surface area contributed by atoms with Gasteiger partial charge in [-0.3, -0.25) is 0 Å². The van der Waals surface area contributed by atoms with Crippen molar-refractivity contribution in [2.45, 2.75) is 6.04 Å². The predicted octanol–water partition coefficient (Wildman–Crippen LogP) is 1.25. The van der Waals surface area contributed by atoms with Crippen LogP contribution in [-0.2, 0) is 0 Å². The van der Waals surface area contributed by atoms with E-state index in [0.29, 0.717) is 5.56 Å². The zero-order chi connectivity index (χ0) is 10.0. The lowest BCUT2D eigenvalue weighted by Gasteiger charge is -2.11. The molecule has 1 atom stereocenters. The van der Waals surface area contributed by atoms with Crippen molar-refractivity contribution in [1.29, 1.82) is 0 Å². The van der Waals surface area contributed by atoms with E-state index in [1.165, 1.54) is 6.07 Å². The highest BCUT2D eigenvalue weighted by Crippen LogP contribution is 2.30. The van der Waals surface area contributed by atoms with Crippen molar-refractivity contribution < 1.29 is 9.50 Å². The van der Waals surface area contributed by atoms with Crippen LogP contribution in [0.15, 0.2) is 16.6 Å². The summed E-state index contributed by atoms with van der Waals surface area (Å²) in [5.41, 5.74) is 11.2. The second-order valence-electron chi connectivity index (χ2n) is 2.64. The minimum absolute atomic E-state index is 0.161. The van der Waals surface area contributed by atoms with Crippen molar-refractivity contribution >= 4 is 15.9 Å². The topological polar surface area (TPSA) is 72.3 Å². The molecule has 5 N–H and O–H groups in total. The highest BCUT2D eigenvalue weighted by atomic mass is 79.9. The van der Waals surface area contributed by atoms with Crippen molar-refractivity contribution in [3.63, 3.8) is 0 Å². The third-order valence-electron chi connectivity index (χ3n) is 1.75. The Bertz CT molecular complexity index is 319. The van der Waals surface area contributed by atoms with Crippen LogP contribution in [0.3, 0.4) is 0 Å². The van der Waals surface area contributed by atoms with Gasteiger partial charge in [0.25, 0.3) is 0 Å². The maximum absolute atomic E-state index is 13.1. The fraction of sp³-hybridized carbons (Fsp3) is 0.250. The Labute approximate surface area is 83.7 Å². The van der Waals surface area contributed by atoms with E-state index in [9.17, 15) is 9.50 Å². The molecule has 0 amide bonds. The molecule has 0 aliphatic carbocycles. The molecule has 1 aromatic rings. The maximum atomic E-state index is 13.1. The van der Waals surface area contributed by atoms with Gasteiger partial charge in [-0.15, -0.1) is 0 Å². The molecule has 1 aromatic carbocycles. The van der Waals surface area contributed by atoms with Gasteiger partial charge in [0.2, 0.25) is 0 Å². The number of phenols is 1. The normalized spacial score (nSPS) is 12.9. The largest absolute Gasteiger partial charge is 0.505 e. The van der Waals surface area contributed by atoms with E-state index in [1.807, 2.05) is 0 Å². The average Bonchev–Trinajstić information content (AvgIpc) is 2.13. The van der Waals surface area contributed by atoms with Gasteiger partial charge in [-0.25, -0.2) is 4.39 Å². The molecule has 3 nitrogen and oxygen atoms in total. The number of aromatic hydroxyl groups is 1. The Morgan fingerprint density at radius 3 is 2.69 bits per heavy atom. The van der Waals surface area contributed by atoms with Gasteiger partial charge in [-0.05, 0) is 22.0 Å². The highest BCUT2D eigenvalue weighted by molar-refractivity contribution is 9.10. The zero-order valence-electron chi connectivity index (χ0n) is 6.80. The van der Waals surface area contributed by atoms with E-state index in [0.717, 1.165) is 0 Å². The van der Waals surface area contributed by atoms with Crippen LogP contribution in [0.1, 0.15) is 11.6 Å². The van der Waals surface area contributed by atoms with Gasteiger partial charge in [0.1, 0.15) is 0 Å². The van der Waals surface area contributed by atoms with E-state index >= 15 is 0 Å². The smallest absolute Gasteiger partial charge is 0.179 e. The van der Waals surface area contributed by atoms with Crippen molar-refractivity contribution in [3.8, 4) is 5.75 Å². The lowest BCUT2D eigenvalue weighted by molar-refractivity contribution is 0.419. The number of phenolic OH excluding ortho intramolecular Hbond substituents is 1. The quantitative estimate of drug-likeness (QED) is 0.738. The summed E-state index contributed by atoms with van der Waals surface area (Å²) in [6.45, 7) is 0.161. The molecule has 0 unspecified atom stereocenters. The van der Waals surface area contributed by atoms with Gasteiger partial charge in [0.15, 0.2) is 11.6 Å². The standard InChI is InChI=1S/C8H10BrFN2O/c9-5-2-1-4(6(12)3-11)8(13)7(5)10/h1-2,6,13H,3,11-12H2/t6-/m0/s1. The Balaban J connectivity index is 3.18. The average molecular weight is 249 g/mol. The molecule has 0 saturated carbocycles. The molecule has 5 heteroatoms. The van der Waals surface area contributed by atoms with Crippen molar-refractivity contribution in [2.24, 2.45) is 11.5 Å². The molecule has 0 bridgehead atoms. The summed E-state index contributed by atoms with van der Waals surface area (Å²) >= 11 is 2.94. The summed E-state index contributed by atoms with van der Waals surface area (Å²) < 4.78 is 13.3. The third-order valence-corrected chi connectivity index (χ3v) is 2.37. The molecule has 1 rings (SSSR count). The van der Waals surface area contributed by atoms with E-state index < -0.39 is 17.6 Å². The molecule has 0 aromatic heterocycles. The minimum Gasteiger partial charge on any atom is -0.505 e. The highest BCUT2D eigenvalue weighted by Gasteiger charge is 2.14. The number of benzene rings is 1. The first kappa shape index (κ1) is 10.4. The summed E-state index contributed by atoms with van der Waals surface area (Å²) in [7, 11) is 0. The Kier molecular flexibility index (Phi) is 3.24. The summed E-state index contributed by atoms with van der Waals surface area (Å²) in [6.07, 6.45) is 0. The van der Waals surface area contributed by atoms with Gasteiger partial charge < -0.3 is 16.6 Å². The Hall–Kier alpha value is -0.650. The van der Waals surface area contributed by atoms with Crippen LogP contribution < -0.4 is 11.5 Å². The number of hydrogen-bond acceptors (Lipinski definition) is 3. The first-order valence-corrected chi connectivity index (χ1v) is 4.49. The second kappa shape index (κ2) is 4.04.